The van der Waals surface area contributed by atoms with Crippen molar-refractivity contribution in [1.29, 1.82) is 0 Å². The first-order chi connectivity index (χ1) is 11.8. The van der Waals surface area contributed by atoms with E-state index in [9.17, 15) is 4.79 Å². The molecule has 0 aliphatic rings. The van der Waals surface area contributed by atoms with Gasteiger partial charge in [-0.2, -0.15) is 0 Å². The molecule has 0 radical (unpaired) electrons. The zero-order chi connectivity index (χ0) is 18.6. The Morgan fingerprint density at radius 1 is 1.00 bits per heavy atom. The molecule has 0 heterocycles. The van der Waals surface area contributed by atoms with Crippen molar-refractivity contribution in [3.63, 3.8) is 0 Å². The number of carbonyl (C=O) groups is 1. The molecule has 0 bridgehead atoms. The van der Waals surface area contributed by atoms with Gasteiger partial charge in [-0.25, -0.2) is 0 Å². The first kappa shape index (κ1) is 18.8. The number of rotatable bonds is 7. The molecule has 4 nitrogen and oxygen atoms in total. The zero-order valence-corrected chi connectivity index (χ0v) is 15.8. The third-order valence-electron chi connectivity index (χ3n) is 3.84. The van der Waals surface area contributed by atoms with Gasteiger partial charge in [0.05, 0.1) is 13.2 Å². The van der Waals surface area contributed by atoms with E-state index in [1.807, 2.05) is 26.0 Å². The van der Waals surface area contributed by atoms with Crippen LogP contribution in [0.4, 0.5) is 0 Å². The molecule has 0 N–H and O–H groups in total. The van der Waals surface area contributed by atoms with Crippen molar-refractivity contribution in [2.45, 2.75) is 46.6 Å². The predicted molar refractivity (Wildman–Crippen MR) is 99.5 cm³/mol. The minimum Gasteiger partial charge on any atom is -0.493 e. The van der Waals surface area contributed by atoms with Crippen LogP contribution in [0, 0.1) is 6.92 Å². The van der Waals surface area contributed by atoms with Crippen molar-refractivity contribution < 1.29 is 19.0 Å². The van der Waals surface area contributed by atoms with E-state index in [-0.39, 0.29) is 6.10 Å². The summed E-state index contributed by atoms with van der Waals surface area (Å²) in [7, 11) is 1.54. The first-order valence-corrected chi connectivity index (χ1v) is 8.48. The average molecular weight is 342 g/mol. The number of aldehydes is 1. The van der Waals surface area contributed by atoms with Crippen molar-refractivity contribution in [2.75, 3.05) is 7.11 Å². The molecule has 134 valence electrons. The maximum atomic E-state index is 11.2. The SMILES string of the molecule is COc1cc(C=O)cc(Oc2ccc(C(C)C)c(C)c2)c1OC(C)C. The summed E-state index contributed by atoms with van der Waals surface area (Å²) >= 11 is 0. The van der Waals surface area contributed by atoms with Crippen LogP contribution in [0.25, 0.3) is 0 Å². The number of carbonyl (C=O) groups excluding carboxylic acids is 1. The highest BCUT2D eigenvalue weighted by Crippen LogP contribution is 2.41. The summed E-state index contributed by atoms with van der Waals surface area (Å²) in [6.07, 6.45) is 0.713. The number of ether oxygens (including phenoxy) is 3. The molecule has 2 aromatic rings. The smallest absolute Gasteiger partial charge is 0.204 e. The van der Waals surface area contributed by atoms with Crippen LogP contribution < -0.4 is 14.2 Å². The summed E-state index contributed by atoms with van der Waals surface area (Å²) in [4.78, 5) is 11.2. The highest BCUT2D eigenvalue weighted by molar-refractivity contribution is 5.78. The van der Waals surface area contributed by atoms with Gasteiger partial charge < -0.3 is 14.2 Å². The van der Waals surface area contributed by atoms with Gasteiger partial charge in [0.2, 0.25) is 5.75 Å². The molecule has 0 atom stereocenters. The van der Waals surface area contributed by atoms with E-state index in [4.69, 9.17) is 14.2 Å². The summed E-state index contributed by atoms with van der Waals surface area (Å²) < 4.78 is 17.3. The lowest BCUT2D eigenvalue weighted by Crippen LogP contribution is -2.08. The number of hydrogen-bond acceptors (Lipinski definition) is 4. The Labute approximate surface area is 149 Å². The van der Waals surface area contributed by atoms with Crippen molar-refractivity contribution in [3.05, 3.63) is 47.0 Å². The number of aryl methyl sites for hydroxylation is 1. The topological polar surface area (TPSA) is 44.8 Å². The Hall–Kier alpha value is -2.49. The molecule has 0 aliphatic heterocycles. The molecule has 25 heavy (non-hydrogen) atoms. The van der Waals surface area contributed by atoms with E-state index in [0.717, 1.165) is 11.8 Å². The van der Waals surface area contributed by atoms with E-state index in [2.05, 4.69) is 26.8 Å². The second kappa shape index (κ2) is 8.06. The lowest BCUT2D eigenvalue weighted by Gasteiger charge is -2.19. The van der Waals surface area contributed by atoms with Gasteiger partial charge in [-0.15, -0.1) is 0 Å². The van der Waals surface area contributed by atoms with Crippen molar-refractivity contribution >= 4 is 6.29 Å². The van der Waals surface area contributed by atoms with Crippen LogP contribution in [0.15, 0.2) is 30.3 Å². The third kappa shape index (κ3) is 4.53. The summed E-state index contributed by atoms with van der Waals surface area (Å²) in [5.74, 6) is 2.58. The van der Waals surface area contributed by atoms with Crippen LogP contribution in [0.1, 0.15) is 55.1 Å². The quantitative estimate of drug-likeness (QED) is 0.622. The van der Waals surface area contributed by atoms with Gasteiger partial charge >= 0.3 is 0 Å². The average Bonchev–Trinajstić information content (AvgIpc) is 2.55. The molecule has 2 aromatic carbocycles. The fourth-order valence-corrected chi connectivity index (χ4v) is 2.73. The molecule has 0 aromatic heterocycles. The lowest BCUT2D eigenvalue weighted by atomic mass is 9.98. The molecule has 0 saturated heterocycles. The summed E-state index contributed by atoms with van der Waals surface area (Å²) in [6.45, 7) is 10.2. The molecule has 0 unspecified atom stereocenters. The van der Waals surface area contributed by atoms with Crippen molar-refractivity contribution in [1.82, 2.24) is 0 Å². The van der Waals surface area contributed by atoms with E-state index < -0.39 is 0 Å². The fourth-order valence-electron chi connectivity index (χ4n) is 2.73. The largest absolute Gasteiger partial charge is 0.493 e. The van der Waals surface area contributed by atoms with Gasteiger partial charge in [0.25, 0.3) is 0 Å². The van der Waals surface area contributed by atoms with Crippen LogP contribution in [0.5, 0.6) is 23.0 Å². The fraction of sp³-hybridized carbons (Fsp3) is 0.381. The maximum absolute atomic E-state index is 11.2. The second-order valence-corrected chi connectivity index (χ2v) is 6.61. The molecular formula is C21H26O4. The van der Waals surface area contributed by atoms with Crippen LogP contribution >= 0.6 is 0 Å². The number of methoxy groups -OCH3 is 1. The summed E-state index contributed by atoms with van der Waals surface area (Å²) in [6, 6.07) is 9.30. The Balaban J connectivity index is 2.46. The van der Waals surface area contributed by atoms with E-state index >= 15 is 0 Å². The van der Waals surface area contributed by atoms with E-state index in [0.29, 0.717) is 34.5 Å². The molecule has 0 spiro atoms. The molecular weight excluding hydrogens is 316 g/mol. The second-order valence-electron chi connectivity index (χ2n) is 6.61. The molecule has 0 saturated carbocycles. The third-order valence-corrected chi connectivity index (χ3v) is 3.84. The van der Waals surface area contributed by atoms with E-state index in [1.165, 1.54) is 5.56 Å². The van der Waals surface area contributed by atoms with Crippen LogP contribution in [0.3, 0.4) is 0 Å². The van der Waals surface area contributed by atoms with E-state index in [1.54, 1.807) is 19.2 Å². The zero-order valence-electron chi connectivity index (χ0n) is 15.8. The Kier molecular flexibility index (Phi) is 6.07. The summed E-state index contributed by atoms with van der Waals surface area (Å²) in [5, 5.41) is 0. The lowest BCUT2D eigenvalue weighted by molar-refractivity contribution is 0.112. The minimum absolute atomic E-state index is 0.0524. The highest BCUT2D eigenvalue weighted by atomic mass is 16.5. The molecule has 2 rings (SSSR count). The molecule has 0 amide bonds. The van der Waals surface area contributed by atoms with Gasteiger partial charge in [-0.05, 0) is 62.1 Å². The molecule has 0 aliphatic carbocycles. The number of benzene rings is 2. The van der Waals surface area contributed by atoms with Gasteiger partial charge in [0.15, 0.2) is 11.5 Å². The van der Waals surface area contributed by atoms with Gasteiger partial charge in [0.1, 0.15) is 12.0 Å². The number of hydrogen-bond donors (Lipinski definition) is 0. The van der Waals surface area contributed by atoms with Crippen molar-refractivity contribution in [2.24, 2.45) is 0 Å². The van der Waals surface area contributed by atoms with Gasteiger partial charge in [0, 0.05) is 5.56 Å². The van der Waals surface area contributed by atoms with Gasteiger partial charge in [-0.3, -0.25) is 4.79 Å². The minimum atomic E-state index is -0.0524. The Bertz CT molecular complexity index is 748. The monoisotopic (exact) mass is 342 g/mol. The maximum Gasteiger partial charge on any atom is 0.204 e. The van der Waals surface area contributed by atoms with Crippen molar-refractivity contribution in [3.8, 4) is 23.0 Å². The molecule has 4 heteroatoms. The van der Waals surface area contributed by atoms with Crippen LogP contribution in [0.2, 0.25) is 0 Å². The Morgan fingerprint density at radius 2 is 1.68 bits per heavy atom. The predicted octanol–water partition coefficient (Wildman–Crippen LogP) is 5.52. The standard InChI is InChI=1S/C21H26O4/c1-13(2)18-8-7-17(9-15(18)5)25-20-11-16(12-22)10-19(23-6)21(20)24-14(3)4/h7-14H,1-6H3. The van der Waals surface area contributed by atoms with Gasteiger partial charge in [-0.1, -0.05) is 19.9 Å². The Morgan fingerprint density at radius 3 is 2.20 bits per heavy atom. The van der Waals surface area contributed by atoms with Crippen LogP contribution in [-0.2, 0) is 0 Å². The first-order valence-electron chi connectivity index (χ1n) is 8.48. The summed E-state index contributed by atoms with van der Waals surface area (Å²) in [5.41, 5.74) is 2.92. The van der Waals surface area contributed by atoms with Crippen LogP contribution in [-0.4, -0.2) is 19.5 Å². The highest BCUT2D eigenvalue weighted by Gasteiger charge is 2.17. The molecule has 0 fully saturated rings. The normalized spacial score (nSPS) is 10.9.